The van der Waals surface area contributed by atoms with Gasteiger partial charge in [0.1, 0.15) is 11.5 Å². The van der Waals surface area contributed by atoms with Crippen LogP contribution in [-0.4, -0.2) is 23.3 Å². The number of phenols is 1. The minimum Gasteiger partial charge on any atom is -0.508 e. The second kappa shape index (κ2) is 5.73. The first-order valence-electron chi connectivity index (χ1n) is 7.74. The maximum absolute atomic E-state index is 12.4. The van der Waals surface area contributed by atoms with E-state index in [0.29, 0.717) is 21.9 Å². The Hall–Kier alpha value is -3.55. The van der Waals surface area contributed by atoms with Crippen LogP contribution in [0.5, 0.6) is 11.5 Å². The summed E-state index contributed by atoms with van der Waals surface area (Å²) in [4.78, 5) is 24.3. The van der Waals surface area contributed by atoms with Crippen molar-refractivity contribution in [2.75, 3.05) is 0 Å². The zero-order valence-corrected chi connectivity index (χ0v) is 13.4. The predicted octanol–water partition coefficient (Wildman–Crippen LogP) is 3.99. The molecule has 3 aromatic carbocycles. The molecule has 3 aromatic rings. The van der Waals surface area contributed by atoms with Crippen LogP contribution in [0, 0.1) is 0 Å². The number of amides is 2. The maximum atomic E-state index is 12.4. The number of imide groups is 1. The molecule has 0 bridgehead atoms. The van der Waals surface area contributed by atoms with Gasteiger partial charge in [0.05, 0.1) is 11.1 Å². The van der Waals surface area contributed by atoms with Crippen LogP contribution in [0.4, 0.5) is 13.2 Å². The van der Waals surface area contributed by atoms with E-state index in [1.807, 2.05) is 0 Å². The van der Waals surface area contributed by atoms with Gasteiger partial charge in [-0.15, -0.1) is 13.2 Å². The number of aromatic hydroxyl groups is 1. The number of hydrogen-bond acceptors (Lipinski definition) is 4. The van der Waals surface area contributed by atoms with Crippen LogP contribution in [0.2, 0.25) is 0 Å². The van der Waals surface area contributed by atoms with Crippen LogP contribution in [0.3, 0.4) is 0 Å². The van der Waals surface area contributed by atoms with E-state index in [1.54, 1.807) is 6.07 Å². The fraction of sp³-hybridized carbons (Fsp3) is 0.0526. The Morgan fingerprint density at radius 3 is 2.26 bits per heavy atom. The topological polar surface area (TPSA) is 75.6 Å². The fourth-order valence-corrected chi connectivity index (χ4v) is 3.15. The standard InChI is InChI=1S/C19H10F3NO4/c20-19(21,22)27-12-5-2-9(3-6-12)15-13-8-11(24)4-1-10(13)7-14-16(15)18(26)23-17(14)25/h1-8,24H,(H,23,25,26). The van der Waals surface area contributed by atoms with Crippen LogP contribution in [0.15, 0.2) is 48.5 Å². The highest BCUT2D eigenvalue weighted by Crippen LogP contribution is 2.38. The molecule has 2 amide bonds. The van der Waals surface area contributed by atoms with E-state index >= 15 is 0 Å². The molecule has 0 atom stereocenters. The number of halogens is 3. The molecule has 0 saturated carbocycles. The Balaban J connectivity index is 1.95. The molecule has 2 N–H and O–H groups in total. The van der Waals surface area contributed by atoms with Crippen molar-refractivity contribution in [3.05, 3.63) is 59.7 Å². The summed E-state index contributed by atoms with van der Waals surface area (Å²) in [7, 11) is 0. The van der Waals surface area contributed by atoms with Gasteiger partial charge in [-0.05, 0) is 46.7 Å². The van der Waals surface area contributed by atoms with Gasteiger partial charge in [0, 0.05) is 5.56 Å². The molecule has 8 heteroatoms. The lowest BCUT2D eigenvalue weighted by atomic mass is 9.90. The molecular weight excluding hydrogens is 363 g/mol. The summed E-state index contributed by atoms with van der Waals surface area (Å²) in [6, 6.07) is 10.9. The summed E-state index contributed by atoms with van der Waals surface area (Å²) < 4.78 is 40.9. The second-order valence-electron chi connectivity index (χ2n) is 5.93. The quantitative estimate of drug-likeness (QED) is 0.666. The number of carbonyl (C=O) groups excluding carboxylic acids is 2. The van der Waals surface area contributed by atoms with E-state index in [0.717, 1.165) is 12.1 Å². The summed E-state index contributed by atoms with van der Waals surface area (Å²) in [5.41, 5.74) is 1.04. The van der Waals surface area contributed by atoms with Crippen molar-refractivity contribution in [3.63, 3.8) is 0 Å². The largest absolute Gasteiger partial charge is 0.573 e. The van der Waals surface area contributed by atoms with Crippen LogP contribution in [0.25, 0.3) is 21.9 Å². The summed E-state index contributed by atoms with van der Waals surface area (Å²) in [5, 5.41) is 13.1. The zero-order chi connectivity index (χ0) is 19.3. The molecule has 0 fully saturated rings. The third-order valence-electron chi connectivity index (χ3n) is 4.20. The SMILES string of the molecule is O=C1NC(=O)c2c1cc1ccc(O)cc1c2-c1ccc(OC(F)(F)F)cc1. The summed E-state index contributed by atoms with van der Waals surface area (Å²) in [6.07, 6.45) is -4.82. The van der Waals surface area contributed by atoms with E-state index in [1.165, 1.54) is 30.3 Å². The third kappa shape index (κ3) is 2.95. The van der Waals surface area contributed by atoms with Crippen molar-refractivity contribution in [2.24, 2.45) is 0 Å². The first kappa shape index (κ1) is 16.9. The molecule has 136 valence electrons. The number of phenolic OH excluding ortho intramolecular Hbond substituents is 1. The molecule has 0 unspecified atom stereocenters. The number of alkyl halides is 3. The van der Waals surface area contributed by atoms with E-state index in [9.17, 15) is 27.9 Å². The van der Waals surface area contributed by atoms with Crippen LogP contribution in [-0.2, 0) is 0 Å². The van der Waals surface area contributed by atoms with Gasteiger partial charge in [0.15, 0.2) is 0 Å². The number of fused-ring (bicyclic) bond motifs is 2. The van der Waals surface area contributed by atoms with Crippen molar-refractivity contribution in [3.8, 4) is 22.6 Å². The lowest BCUT2D eigenvalue weighted by Gasteiger charge is -2.13. The average molecular weight is 373 g/mol. The van der Waals surface area contributed by atoms with E-state index in [4.69, 9.17) is 0 Å². The Morgan fingerprint density at radius 1 is 0.889 bits per heavy atom. The van der Waals surface area contributed by atoms with E-state index in [-0.39, 0.29) is 16.9 Å². The Bertz CT molecular complexity index is 1100. The summed E-state index contributed by atoms with van der Waals surface area (Å²) >= 11 is 0. The van der Waals surface area contributed by atoms with Crippen molar-refractivity contribution in [1.82, 2.24) is 5.32 Å². The van der Waals surface area contributed by atoms with Crippen LogP contribution >= 0.6 is 0 Å². The van der Waals surface area contributed by atoms with Gasteiger partial charge in [-0.1, -0.05) is 18.2 Å². The minimum absolute atomic E-state index is 0.0505. The van der Waals surface area contributed by atoms with E-state index in [2.05, 4.69) is 10.1 Å². The number of ether oxygens (including phenoxy) is 1. The predicted molar refractivity (Wildman–Crippen MR) is 89.5 cm³/mol. The lowest BCUT2D eigenvalue weighted by Crippen LogP contribution is -2.20. The number of rotatable bonds is 2. The van der Waals surface area contributed by atoms with Crippen LogP contribution < -0.4 is 10.1 Å². The average Bonchev–Trinajstić information content (AvgIpc) is 2.86. The molecular formula is C19H10F3NO4. The fourth-order valence-electron chi connectivity index (χ4n) is 3.15. The van der Waals surface area contributed by atoms with Gasteiger partial charge in [-0.2, -0.15) is 0 Å². The number of nitrogens with one attached hydrogen (secondary N) is 1. The van der Waals surface area contributed by atoms with E-state index < -0.39 is 23.9 Å². The normalized spacial score (nSPS) is 13.6. The highest BCUT2D eigenvalue weighted by atomic mass is 19.4. The Labute approximate surface area is 150 Å². The number of carbonyl (C=O) groups is 2. The van der Waals surface area contributed by atoms with Gasteiger partial charge in [-0.25, -0.2) is 0 Å². The van der Waals surface area contributed by atoms with Crippen molar-refractivity contribution in [1.29, 1.82) is 0 Å². The zero-order valence-electron chi connectivity index (χ0n) is 13.4. The van der Waals surface area contributed by atoms with Gasteiger partial charge in [0.2, 0.25) is 0 Å². The molecule has 0 aliphatic carbocycles. The lowest BCUT2D eigenvalue weighted by molar-refractivity contribution is -0.274. The Kier molecular flexibility index (Phi) is 3.59. The van der Waals surface area contributed by atoms with Crippen LogP contribution in [0.1, 0.15) is 20.7 Å². The van der Waals surface area contributed by atoms with Gasteiger partial charge < -0.3 is 9.84 Å². The molecule has 4 rings (SSSR count). The highest BCUT2D eigenvalue weighted by Gasteiger charge is 2.33. The minimum atomic E-state index is -4.82. The Morgan fingerprint density at radius 2 is 1.59 bits per heavy atom. The van der Waals surface area contributed by atoms with Crippen molar-refractivity contribution >= 4 is 22.6 Å². The first-order chi connectivity index (χ1) is 12.7. The smallest absolute Gasteiger partial charge is 0.508 e. The molecule has 0 aromatic heterocycles. The molecule has 1 heterocycles. The molecule has 1 aliphatic heterocycles. The van der Waals surface area contributed by atoms with Crippen molar-refractivity contribution in [2.45, 2.75) is 6.36 Å². The molecule has 0 radical (unpaired) electrons. The highest BCUT2D eigenvalue weighted by molar-refractivity contribution is 6.27. The number of benzene rings is 3. The van der Waals surface area contributed by atoms with Gasteiger partial charge in [-0.3, -0.25) is 14.9 Å². The van der Waals surface area contributed by atoms with Gasteiger partial charge in [0.25, 0.3) is 11.8 Å². The molecule has 27 heavy (non-hydrogen) atoms. The molecule has 0 saturated heterocycles. The molecule has 1 aliphatic rings. The third-order valence-corrected chi connectivity index (χ3v) is 4.20. The first-order valence-corrected chi connectivity index (χ1v) is 7.74. The molecule has 5 nitrogen and oxygen atoms in total. The summed E-state index contributed by atoms with van der Waals surface area (Å²) in [5.74, 6) is -1.62. The monoisotopic (exact) mass is 373 g/mol. The maximum Gasteiger partial charge on any atom is 0.573 e. The van der Waals surface area contributed by atoms with Gasteiger partial charge >= 0.3 is 6.36 Å². The second-order valence-corrected chi connectivity index (χ2v) is 5.93. The summed E-state index contributed by atoms with van der Waals surface area (Å²) in [6.45, 7) is 0. The molecule has 0 spiro atoms. The van der Waals surface area contributed by atoms with Crippen molar-refractivity contribution < 1.29 is 32.6 Å². The number of hydrogen-bond donors (Lipinski definition) is 2.